The first-order chi connectivity index (χ1) is 10.1. The molecule has 0 spiro atoms. The van der Waals surface area contributed by atoms with E-state index in [-0.39, 0.29) is 15.7 Å². The van der Waals surface area contributed by atoms with Crippen LogP contribution < -0.4 is 0 Å². The highest BCUT2D eigenvalue weighted by molar-refractivity contribution is 9.10. The van der Waals surface area contributed by atoms with Crippen LogP contribution >= 0.6 is 31.9 Å². The maximum Gasteiger partial charge on any atom is 0.419 e. The van der Waals surface area contributed by atoms with Crippen molar-refractivity contribution in [2.24, 2.45) is 0 Å². The molecule has 0 aliphatic heterocycles. The molecule has 0 unspecified atom stereocenters. The number of hydrogen-bond acceptors (Lipinski definition) is 2. The molecule has 118 valence electrons. The summed E-state index contributed by atoms with van der Waals surface area (Å²) in [5.74, 6) is -1.55. The van der Waals surface area contributed by atoms with Gasteiger partial charge in [-0.25, -0.2) is 13.6 Å². The quantitative estimate of drug-likeness (QED) is 0.570. The number of aromatic nitrogens is 1. The van der Waals surface area contributed by atoms with E-state index in [1.54, 1.807) is 20.8 Å². The van der Waals surface area contributed by atoms with Crippen molar-refractivity contribution in [2.75, 3.05) is 0 Å². The van der Waals surface area contributed by atoms with Crippen LogP contribution in [0.5, 0.6) is 0 Å². The number of benzene rings is 1. The summed E-state index contributed by atoms with van der Waals surface area (Å²) in [5, 5.41) is 0. The van der Waals surface area contributed by atoms with Gasteiger partial charge in [0.2, 0.25) is 0 Å². The Labute approximate surface area is 143 Å². The van der Waals surface area contributed by atoms with Crippen LogP contribution in [-0.2, 0) is 4.74 Å². The second kappa shape index (κ2) is 6.12. The predicted molar refractivity (Wildman–Crippen MR) is 86.8 cm³/mol. The van der Waals surface area contributed by atoms with Crippen molar-refractivity contribution in [3.8, 4) is 11.3 Å². The smallest absolute Gasteiger partial charge is 0.419 e. The van der Waals surface area contributed by atoms with Crippen LogP contribution in [-0.4, -0.2) is 16.3 Å². The van der Waals surface area contributed by atoms with Gasteiger partial charge in [-0.2, -0.15) is 0 Å². The van der Waals surface area contributed by atoms with Crippen molar-refractivity contribution in [1.82, 2.24) is 4.57 Å². The maximum absolute atomic E-state index is 14.1. The summed E-state index contributed by atoms with van der Waals surface area (Å²) < 4.78 is 35.4. The summed E-state index contributed by atoms with van der Waals surface area (Å²) in [6.07, 6.45) is 0.694. The van der Waals surface area contributed by atoms with E-state index in [1.165, 1.54) is 12.3 Å². The molecule has 0 aliphatic rings. The molecule has 0 saturated heterocycles. The largest absolute Gasteiger partial charge is 0.443 e. The maximum atomic E-state index is 14.1. The molecule has 0 atom stereocenters. The van der Waals surface area contributed by atoms with E-state index in [1.807, 2.05) is 0 Å². The molecule has 1 aromatic carbocycles. The van der Waals surface area contributed by atoms with E-state index in [4.69, 9.17) is 4.74 Å². The molecular formula is C15H13Br2F2NO2. The highest BCUT2D eigenvalue weighted by Crippen LogP contribution is 2.32. The third kappa shape index (κ3) is 3.76. The van der Waals surface area contributed by atoms with Gasteiger partial charge >= 0.3 is 6.09 Å². The molecule has 0 fully saturated rings. The lowest BCUT2D eigenvalue weighted by atomic mass is 10.1. The van der Waals surface area contributed by atoms with Crippen molar-refractivity contribution in [3.05, 3.63) is 45.0 Å². The lowest BCUT2D eigenvalue weighted by Gasteiger charge is -2.20. The summed E-state index contributed by atoms with van der Waals surface area (Å²) >= 11 is 6.23. The van der Waals surface area contributed by atoms with Crippen molar-refractivity contribution in [3.63, 3.8) is 0 Å². The van der Waals surface area contributed by atoms with E-state index in [2.05, 4.69) is 31.9 Å². The van der Waals surface area contributed by atoms with Crippen molar-refractivity contribution in [2.45, 2.75) is 26.4 Å². The minimum atomic E-state index is -0.776. The number of carbonyl (C=O) groups excluding carboxylic acids is 1. The Balaban J connectivity index is 2.57. The lowest BCUT2D eigenvalue weighted by Crippen LogP contribution is -2.27. The number of halogens is 4. The summed E-state index contributed by atoms with van der Waals surface area (Å²) in [6, 6.07) is 3.73. The van der Waals surface area contributed by atoms with E-state index < -0.39 is 23.3 Å². The number of rotatable bonds is 1. The van der Waals surface area contributed by atoms with Gasteiger partial charge in [0.25, 0.3) is 0 Å². The van der Waals surface area contributed by atoms with Gasteiger partial charge in [-0.1, -0.05) is 15.9 Å². The van der Waals surface area contributed by atoms with Gasteiger partial charge < -0.3 is 4.74 Å². The fourth-order valence-corrected chi connectivity index (χ4v) is 2.70. The summed E-state index contributed by atoms with van der Waals surface area (Å²) in [5.41, 5.74) is -0.939. The SMILES string of the molecule is CC(C)(C)OC(=O)n1cc(Br)cc1-c1c(F)cc(Br)cc1F. The fraction of sp³-hybridized carbons (Fsp3) is 0.267. The third-order valence-electron chi connectivity index (χ3n) is 2.64. The van der Waals surface area contributed by atoms with Crippen molar-refractivity contribution in [1.29, 1.82) is 0 Å². The Kier molecular flexibility index (Phi) is 4.77. The second-order valence-electron chi connectivity index (χ2n) is 5.64. The van der Waals surface area contributed by atoms with Crippen LogP contribution in [0.3, 0.4) is 0 Å². The fourth-order valence-electron chi connectivity index (χ4n) is 1.87. The zero-order chi connectivity index (χ0) is 16.7. The molecule has 7 heteroatoms. The van der Waals surface area contributed by atoms with E-state index in [0.717, 1.165) is 16.7 Å². The highest BCUT2D eigenvalue weighted by Gasteiger charge is 2.24. The zero-order valence-corrected chi connectivity index (χ0v) is 15.3. The molecule has 3 nitrogen and oxygen atoms in total. The Morgan fingerprint density at radius 1 is 1.09 bits per heavy atom. The highest BCUT2D eigenvalue weighted by atomic mass is 79.9. The number of carbonyl (C=O) groups is 1. The molecule has 0 radical (unpaired) electrons. The van der Waals surface area contributed by atoms with Gasteiger partial charge in [0.15, 0.2) is 0 Å². The molecule has 2 rings (SSSR count). The van der Waals surface area contributed by atoms with E-state index >= 15 is 0 Å². The summed E-state index contributed by atoms with van der Waals surface area (Å²) in [6.45, 7) is 5.14. The number of ether oxygens (including phenoxy) is 1. The van der Waals surface area contributed by atoms with Gasteiger partial charge in [-0.15, -0.1) is 0 Å². The summed E-state index contributed by atoms with van der Waals surface area (Å²) in [7, 11) is 0. The Hall–Kier alpha value is -1.21. The Morgan fingerprint density at radius 3 is 2.14 bits per heavy atom. The molecule has 0 saturated carbocycles. The van der Waals surface area contributed by atoms with Crippen LogP contribution in [0.2, 0.25) is 0 Å². The minimum Gasteiger partial charge on any atom is -0.443 e. The molecule has 2 aromatic rings. The number of hydrogen-bond donors (Lipinski definition) is 0. The minimum absolute atomic E-state index is 0.0728. The van der Waals surface area contributed by atoms with Crippen LogP contribution in [0, 0.1) is 11.6 Å². The third-order valence-corrected chi connectivity index (χ3v) is 3.53. The van der Waals surface area contributed by atoms with Gasteiger partial charge in [0.05, 0.1) is 11.3 Å². The molecule has 0 amide bonds. The Bertz CT molecular complexity index is 713. The second-order valence-corrected chi connectivity index (χ2v) is 7.47. The first-order valence-corrected chi connectivity index (χ1v) is 7.93. The van der Waals surface area contributed by atoms with Gasteiger partial charge in [-0.05, 0) is 54.9 Å². The Morgan fingerprint density at radius 2 is 1.64 bits per heavy atom. The molecule has 1 heterocycles. The molecule has 22 heavy (non-hydrogen) atoms. The molecular weight excluding hydrogens is 424 g/mol. The average Bonchev–Trinajstić information content (AvgIpc) is 2.67. The van der Waals surface area contributed by atoms with E-state index in [0.29, 0.717) is 4.47 Å². The first-order valence-electron chi connectivity index (χ1n) is 6.34. The van der Waals surface area contributed by atoms with Crippen LogP contribution in [0.15, 0.2) is 33.3 Å². The molecule has 0 N–H and O–H groups in total. The van der Waals surface area contributed by atoms with Crippen molar-refractivity contribution < 1.29 is 18.3 Å². The zero-order valence-electron chi connectivity index (χ0n) is 12.1. The predicted octanol–water partition coefficient (Wildman–Crippen LogP) is 5.74. The average molecular weight is 437 g/mol. The molecule has 0 bridgehead atoms. The topological polar surface area (TPSA) is 31.2 Å². The van der Waals surface area contributed by atoms with Crippen molar-refractivity contribution >= 4 is 38.0 Å². The van der Waals surface area contributed by atoms with Crippen LogP contribution in [0.25, 0.3) is 11.3 Å². The standard InChI is InChI=1S/C15H13Br2F2NO2/c1-15(2,3)22-14(21)20-7-9(17)6-12(20)13-10(18)4-8(16)5-11(13)19/h4-7H,1-3H3. The number of nitrogens with zero attached hydrogens (tertiary/aromatic N) is 1. The van der Waals surface area contributed by atoms with Gasteiger partial charge in [0, 0.05) is 15.1 Å². The van der Waals surface area contributed by atoms with Crippen LogP contribution in [0.1, 0.15) is 20.8 Å². The molecule has 1 aromatic heterocycles. The molecule has 0 aliphatic carbocycles. The normalized spacial score (nSPS) is 11.6. The van der Waals surface area contributed by atoms with Crippen LogP contribution in [0.4, 0.5) is 13.6 Å². The summed E-state index contributed by atoms with van der Waals surface area (Å²) in [4.78, 5) is 12.2. The monoisotopic (exact) mass is 435 g/mol. The first kappa shape index (κ1) is 17.1. The van der Waals surface area contributed by atoms with E-state index in [9.17, 15) is 13.6 Å². The van der Waals surface area contributed by atoms with Gasteiger partial charge in [0.1, 0.15) is 17.2 Å². The van der Waals surface area contributed by atoms with Gasteiger partial charge in [-0.3, -0.25) is 4.57 Å². The lowest BCUT2D eigenvalue weighted by molar-refractivity contribution is 0.0540.